The van der Waals surface area contributed by atoms with Crippen molar-refractivity contribution in [3.8, 4) is 0 Å². The van der Waals surface area contributed by atoms with E-state index in [1.807, 2.05) is 17.6 Å². The Bertz CT molecular complexity index is 657. The first-order valence-corrected chi connectivity index (χ1v) is 6.71. The summed E-state index contributed by atoms with van der Waals surface area (Å²) < 4.78 is 1.88. The quantitative estimate of drug-likeness (QED) is 0.724. The van der Waals surface area contributed by atoms with Crippen molar-refractivity contribution in [3.05, 3.63) is 46.5 Å². The number of aryl methyl sites for hydroxylation is 1. The summed E-state index contributed by atoms with van der Waals surface area (Å²) >= 11 is 1.72. The second kappa shape index (κ2) is 4.42. The van der Waals surface area contributed by atoms with Gasteiger partial charge in [-0.15, -0.1) is 0 Å². The van der Waals surface area contributed by atoms with Gasteiger partial charge >= 0.3 is 0 Å². The fourth-order valence-electron chi connectivity index (χ4n) is 2.06. The molecule has 3 aromatic rings. The Morgan fingerprint density at radius 1 is 1.44 bits per heavy atom. The molecule has 0 aliphatic rings. The van der Waals surface area contributed by atoms with Crippen LogP contribution < -0.4 is 4.90 Å². The maximum Gasteiger partial charge on any atom is 0.154 e. The molecule has 3 aromatic heterocycles. The summed E-state index contributed by atoms with van der Waals surface area (Å²) in [5.41, 5.74) is 3.36. The zero-order chi connectivity index (χ0) is 12.5. The van der Waals surface area contributed by atoms with Gasteiger partial charge in [-0.2, -0.15) is 16.4 Å². The van der Waals surface area contributed by atoms with E-state index in [4.69, 9.17) is 0 Å². The monoisotopic (exact) mass is 258 g/mol. The normalized spacial score (nSPS) is 11.0. The lowest BCUT2D eigenvalue weighted by molar-refractivity contribution is 0.874. The van der Waals surface area contributed by atoms with Crippen molar-refractivity contribution in [1.29, 1.82) is 0 Å². The predicted molar refractivity (Wildman–Crippen MR) is 74.2 cm³/mol. The summed E-state index contributed by atoms with van der Waals surface area (Å²) in [7, 11) is 2.06. The molecule has 0 saturated heterocycles. The molecular formula is C13H14N4S. The van der Waals surface area contributed by atoms with E-state index in [1.165, 1.54) is 5.56 Å². The SMILES string of the molecule is Cc1cc2c(N(C)Cc3ccsc3)nccn2n1. The molecule has 0 aromatic carbocycles. The van der Waals surface area contributed by atoms with Crippen molar-refractivity contribution >= 4 is 22.7 Å². The Kier molecular flexibility index (Phi) is 2.76. The topological polar surface area (TPSA) is 33.4 Å². The number of nitrogens with zero attached hydrogens (tertiary/aromatic N) is 4. The standard InChI is InChI=1S/C13H14N4S/c1-10-7-12-13(14-4-5-17(12)15-10)16(2)8-11-3-6-18-9-11/h3-7,9H,8H2,1-2H3. The minimum Gasteiger partial charge on any atom is -0.354 e. The molecule has 0 spiro atoms. The average molecular weight is 258 g/mol. The number of hydrogen-bond acceptors (Lipinski definition) is 4. The summed E-state index contributed by atoms with van der Waals surface area (Å²) in [5.74, 6) is 0.962. The Morgan fingerprint density at radius 3 is 3.11 bits per heavy atom. The van der Waals surface area contributed by atoms with Crippen molar-refractivity contribution in [3.63, 3.8) is 0 Å². The molecule has 0 N–H and O–H groups in total. The van der Waals surface area contributed by atoms with Crippen LogP contribution in [0.25, 0.3) is 5.52 Å². The van der Waals surface area contributed by atoms with E-state index in [2.05, 4.69) is 44.9 Å². The summed E-state index contributed by atoms with van der Waals surface area (Å²) in [5, 5.41) is 8.67. The van der Waals surface area contributed by atoms with E-state index in [-0.39, 0.29) is 0 Å². The van der Waals surface area contributed by atoms with Gasteiger partial charge in [0.25, 0.3) is 0 Å². The van der Waals surface area contributed by atoms with Gasteiger partial charge < -0.3 is 4.90 Å². The van der Waals surface area contributed by atoms with E-state index in [0.29, 0.717) is 0 Å². The van der Waals surface area contributed by atoms with Gasteiger partial charge in [0, 0.05) is 26.0 Å². The summed E-state index contributed by atoms with van der Waals surface area (Å²) in [6, 6.07) is 4.20. The van der Waals surface area contributed by atoms with Crippen LogP contribution in [0.15, 0.2) is 35.3 Å². The number of hydrogen-bond donors (Lipinski definition) is 0. The molecule has 0 fully saturated rings. The summed E-state index contributed by atoms with van der Waals surface area (Å²) in [6.07, 6.45) is 3.67. The highest BCUT2D eigenvalue weighted by atomic mass is 32.1. The molecule has 3 rings (SSSR count). The molecule has 0 amide bonds. The van der Waals surface area contributed by atoms with Crippen LogP contribution in [0.4, 0.5) is 5.82 Å². The smallest absolute Gasteiger partial charge is 0.154 e. The lowest BCUT2D eigenvalue weighted by Gasteiger charge is -2.18. The predicted octanol–water partition coefficient (Wildman–Crippen LogP) is 2.74. The van der Waals surface area contributed by atoms with Crippen LogP contribution in [-0.4, -0.2) is 21.6 Å². The van der Waals surface area contributed by atoms with Gasteiger partial charge in [-0.3, -0.25) is 0 Å². The average Bonchev–Trinajstić information content (AvgIpc) is 2.95. The molecule has 5 heteroatoms. The lowest BCUT2D eigenvalue weighted by Crippen LogP contribution is -2.18. The first kappa shape index (κ1) is 11.2. The highest BCUT2D eigenvalue weighted by Crippen LogP contribution is 2.20. The largest absolute Gasteiger partial charge is 0.354 e. The molecule has 3 heterocycles. The molecule has 0 radical (unpaired) electrons. The Morgan fingerprint density at radius 2 is 2.33 bits per heavy atom. The number of aromatic nitrogens is 3. The van der Waals surface area contributed by atoms with Crippen LogP contribution in [0.3, 0.4) is 0 Å². The zero-order valence-corrected chi connectivity index (χ0v) is 11.2. The van der Waals surface area contributed by atoms with Crippen molar-refractivity contribution in [1.82, 2.24) is 14.6 Å². The fraction of sp³-hybridized carbons (Fsp3) is 0.231. The van der Waals surface area contributed by atoms with Crippen molar-refractivity contribution in [2.24, 2.45) is 0 Å². The minimum absolute atomic E-state index is 0.862. The Balaban J connectivity index is 1.98. The molecule has 92 valence electrons. The van der Waals surface area contributed by atoms with Gasteiger partial charge in [-0.05, 0) is 35.4 Å². The van der Waals surface area contributed by atoms with Crippen molar-refractivity contribution in [2.75, 3.05) is 11.9 Å². The maximum absolute atomic E-state index is 4.47. The highest BCUT2D eigenvalue weighted by molar-refractivity contribution is 7.07. The minimum atomic E-state index is 0.862. The van der Waals surface area contributed by atoms with Gasteiger partial charge in [-0.25, -0.2) is 9.50 Å². The third-order valence-corrected chi connectivity index (χ3v) is 3.59. The van der Waals surface area contributed by atoms with Gasteiger partial charge in [0.2, 0.25) is 0 Å². The molecule has 0 aliphatic heterocycles. The summed E-state index contributed by atoms with van der Waals surface area (Å²) in [6.45, 7) is 2.86. The molecule has 18 heavy (non-hydrogen) atoms. The molecule has 0 unspecified atom stereocenters. The number of anilines is 1. The molecule has 0 atom stereocenters. The molecule has 0 aliphatic carbocycles. The maximum atomic E-state index is 4.47. The third kappa shape index (κ3) is 1.97. The van der Waals surface area contributed by atoms with Crippen molar-refractivity contribution in [2.45, 2.75) is 13.5 Å². The fourth-order valence-corrected chi connectivity index (χ4v) is 2.72. The van der Waals surface area contributed by atoms with Crippen LogP contribution >= 0.6 is 11.3 Å². The molecule has 0 bridgehead atoms. The van der Waals surface area contributed by atoms with Crippen LogP contribution in [0, 0.1) is 6.92 Å². The first-order chi connectivity index (χ1) is 8.74. The van der Waals surface area contributed by atoms with Gasteiger partial charge in [-0.1, -0.05) is 0 Å². The Labute approximate surface area is 110 Å². The van der Waals surface area contributed by atoms with Crippen LogP contribution in [0.5, 0.6) is 0 Å². The van der Waals surface area contributed by atoms with E-state index in [9.17, 15) is 0 Å². The van der Waals surface area contributed by atoms with Gasteiger partial charge in [0.05, 0.1) is 5.69 Å². The van der Waals surface area contributed by atoms with E-state index in [1.54, 1.807) is 17.5 Å². The number of fused-ring (bicyclic) bond motifs is 1. The molecular weight excluding hydrogens is 244 g/mol. The van der Waals surface area contributed by atoms with E-state index >= 15 is 0 Å². The Hall–Kier alpha value is -1.88. The van der Waals surface area contributed by atoms with Crippen LogP contribution in [-0.2, 0) is 6.54 Å². The van der Waals surface area contributed by atoms with Crippen LogP contribution in [0.1, 0.15) is 11.3 Å². The number of thiophene rings is 1. The number of rotatable bonds is 3. The van der Waals surface area contributed by atoms with Crippen LogP contribution in [0.2, 0.25) is 0 Å². The molecule has 4 nitrogen and oxygen atoms in total. The second-order valence-corrected chi connectivity index (χ2v) is 5.13. The highest BCUT2D eigenvalue weighted by Gasteiger charge is 2.10. The van der Waals surface area contributed by atoms with E-state index < -0.39 is 0 Å². The third-order valence-electron chi connectivity index (χ3n) is 2.85. The van der Waals surface area contributed by atoms with E-state index in [0.717, 1.165) is 23.6 Å². The van der Waals surface area contributed by atoms with Gasteiger partial charge in [0.1, 0.15) is 5.52 Å². The lowest BCUT2D eigenvalue weighted by atomic mass is 10.3. The molecule has 0 saturated carbocycles. The first-order valence-electron chi connectivity index (χ1n) is 5.77. The summed E-state index contributed by atoms with van der Waals surface area (Å²) in [4.78, 5) is 6.62. The van der Waals surface area contributed by atoms with Crippen molar-refractivity contribution < 1.29 is 0 Å². The zero-order valence-electron chi connectivity index (χ0n) is 10.4. The van der Waals surface area contributed by atoms with Gasteiger partial charge in [0.15, 0.2) is 5.82 Å². The second-order valence-electron chi connectivity index (χ2n) is 4.35.